The van der Waals surface area contributed by atoms with Gasteiger partial charge in [0, 0.05) is 38.0 Å². The molecule has 3 N–H and O–H groups in total. The van der Waals surface area contributed by atoms with Crippen LogP contribution in [0.4, 0.5) is 5.69 Å². The summed E-state index contributed by atoms with van der Waals surface area (Å²) < 4.78 is 39.5. The number of amides is 5. The first-order chi connectivity index (χ1) is 30.8. The molecule has 20 nitrogen and oxygen atoms in total. The summed E-state index contributed by atoms with van der Waals surface area (Å²) in [6, 6.07) is 6.90. The van der Waals surface area contributed by atoms with Gasteiger partial charge in [-0.1, -0.05) is 51.5 Å². The molecule has 1 unspecified atom stereocenters. The Morgan fingerprint density at radius 2 is 1.34 bits per heavy atom. The highest BCUT2D eigenvalue weighted by atomic mass is 16.6. The number of likely N-dealkylation sites (tertiary alicyclic amines) is 1. The van der Waals surface area contributed by atoms with Gasteiger partial charge in [-0.25, -0.2) is 4.68 Å². The van der Waals surface area contributed by atoms with E-state index in [0.29, 0.717) is 116 Å². The Bertz CT molecular complexity index is 1700. The van der Waals surface area contributed by atoms with Crippen molar-refractivity contribution in [1.82, 2.24) is 30.5 Å². The summed E-state index contributed by atoms with van der Waals surface area (Å²) in [6.45, 7) is 12.9. The van der Waals surface area contributed by atoms with Gasteiger partial charge in [-0.05, 0) is 42.4 Å². The van der Waals surface area contributed by atoms with Gasteiger partial charge in [-0.15, -0.1) is 5.10 Å². The summed E-state index contributed by atoms with van der Waals surface area (Å²) in [5.41, 5.74) is 1.77. The summed E-state index contributed by atoms with van der Waals surface area (Å²) >= 11 is 0. The first-order valence-corrected chi connectivity index (χ1v) is 22.1. The van der Waals surface area contributed by atoms with Crippen LogP contribution in [0.15, 0.2) is 30.5 Å². The average Bonchev–Trinajstić information content (AvgIpc) is 3.84. The fraction of sp³-hybridized carbons (Fsp3) is 0.682. The summed E-state index contributed by atoms with van der Waals surface area (Å²) in [6.07, 6.45) is 5.59. The number of imide groups is 1. The van der Waals surface area contributed by atoms with Crippen LogP contribution in [0.5, 0.6) is 0 Å². The van der Waals surface area contributed by atoms with Crippen LogP contribution in [-0.2, 0) is 81.6 Å². The highest BCUT2D eigenvalue weighted by Crippen LogP contribution is 2.35. The molecule has 64 heavy (non-hydrogen) atoms. The maximum Gasteiger partial charge on any atom is 0.306 e. The van der Waals surface area contributed by atoms with Gasteiger partial charge in [0.05, 0.1) is 91.3 Å². The molecule has 1 aliphatic heterocycles. The van der Waals surface area contributed by atoms with E-state index in [4.69, 9.17) is 33.2 Å². The van der Waals surface area contributed by atoms with Crippen molar-refractivity contribution in [2.45, 2.75) is 92.3 Å². The Morgan fingerprint density at radius 1 is 0.719 bits per heavy atom. The summed E-state index contributed by atoms with van der Waals surface area (Å²) in [5, 5.41) is 16.4. The van der Waals surface area contributed by atoms with Crippen LogP contribution >= 0.6 is 0 Å². The topological polar surface area (TPSA) is 237 Å². The third-order valence-electron chi connectivity index (χ3n) is 9.71. The van der Waals surface area contributed by atoms with Gasteiger partial charge >= 0.3 is 5.97 Å². The molecule has 0 saturated carbocycles. The van der Waals surface area contributed by atoms with E-state index in [-0.39, 0.29) is 80.3 Å². The lowest BCUT2D eigenvalue weighted by Gasteiger charge is -2.24. The molecule has 0 radical (unpaired) electrons. The predicted molar refractivity (Wildman–Crippen MR) is 232 cm³/mol. The first-order valence-electron chi connectivity index (χ1n) is 22.1. The van der Waals surface area contributed by atoms with Crippen molar-refractivity contribution >= 4 is 41.2 Å². The van der Waals surface area contributed by atoms with Crippen LogP contribution in [0.3, 0.4) is 0 Å². The van der Waals surface area contributed by atoms with Crippen molar-refractivity contribution in [2.75, 3.05) is 97.7 Å². The minimum absolute atomic E-state index is 0.0823. The van der Waals surface area contributed by atoms with Crippen LogP contribution in [-0.4, -0.2) is 148 Å². The Hall–Kier alpha value is -4.86. The van der Waals surface area contributed by atoms with Gasteiger partial charge in [0.1, 0.15) is 25.5 Å². The molecule has 3 rings (SSSR count). The van der Waals surface area contributed by atoms with Crippen LogP contribution in [0.25, 0.3) is 0 Å². The Balaban J connectivity index is 1.02. The lowest BCUT2D eigenvalue weighted by atomic mass is 9.80. The molecule has 2 aromatic rings. The third-order valence-corrected chi connectivity index (χ3v) is 9.71. The molecule has 1 atom stereocenters. The normalized spacial score (nSPS) is 13.9. The molecule has 2 heterocycles. The highest BCUT2D eigenvalue weighted by molar-refractivity contribution is 6.03. The highest BCUT2D eigenvalue weighted by Gasteiger charge is 2.44. The number of nitrogens with zero attached hydrogens (tertiary/aromatic N) is 4. The van der Waals surface area contributed by atoms with Gasteiger partial charge in [0.25, 0.3) is 0 Å². The fourth-order valence-electron chi connectivity index (χ4n) is 6.14. The number of nitrogens with one attached hydrogen (secondary N) is 3. The van der Waals surface area contributed by atoms with E-state index in [1.807, 2.05) is 27.7 Å². The standard InChI is InChI=1S/C44H69N7O13/c1-5-9-42(56)64-31-34-11-13-35(14-12-34)47-40(54)33-63-32-39(53)45-15-18-58-20-22-60-24-26-62-27-25-61-23-21-59-19-17-50-30-36(48-49-50)29-46-38(52)10-7-6-8-16-51-41(55)28-37(43(51)57)44(2,3)4/h11-14,30,37H,5-10,15-29,31-33H2,1-4H3,(H,45,53)(H,46,52)(H,47,54). The van der Waals surface area contributed by atoms with Crippen molar-refractivity contribution in [3.05, 3.63) is 41.7 Å². The predicted octanol–water partition coefficient (Wildman–Crippen LogP) is 2.57. The van der Waals surface area contributed by atoms with Gasteiger partial charge in [0.2, 0.25) is 29.5 Å². The van der Waals surface area contributed by atoms with Crippen molar-refractivity contribution < 1.29 is 61.9 Å². The lowest BCUT2D eigenvalue weighted by molar-refractivity contribution is -0.145. The minimum Gasteiger partial charge on any atom is -0.461 e. The Morgan fingerprint density at radius 3 is 1.97 bits per heavy atom. The number of unbranched alkanes of at least 4 members (excludes halogenated alkanes) is 2. The van der Waals surface area contributed by atoms with Crippen LogP contribution < -0.4 is 16.0 Å². The average molecular weight is 904 g/mol. The van der Waals surface area contributed by atoms with E-state index in [0.717, 1.165) is 18.4 Å². The molecule has 1 saturated heterocycles. The number of carbonyl (C=O) groups excluding carboxylic acids is 6. The smallest absolute Gasteiger partial charge is 0.306 e. The number of benzene rings is 1. The summed E-state index contributed by atoms with van der Waals surface area (Å²) in [4.78, 5) is 74.1. The van der Waals surface area contributed by atoms with E-state index in [2.05, 4.69) is 26.3 Å². The minimum atomic E-state index is -0.403. The fourth-order valence-corrected chi connectivity index (χ4v) is 6.14. The lowest BCUT2D eigenvalue weighted by Crippen LogP contribution is -2.34. The first kappa shape index (κ1) is 53.5. The Kier molecular flexibility index (Phi) is 26.0. The maximum absolute atomic E-state index is 12.6. The van der Waals surface area contributed by atoms with Gasteiger partial charge < -0.3 is 49.1 Å². The molecule has 358 valence electrons. The number of hydrogen-bond acceptors (Lipinski definition) is 15. The second-order valence-corrected chi connectivity index (χ2v) is 16.1. The zero-order chi connectivity index (χ0) is 46.4. The summed E-state index contributed by atoms with van der Waals surface area (Å²) in [5.74, 6) is -1.56. The van der Waals surface area contributed by atoms with Crippen LogP contribution in [0, 0.1) is 11.3 Å². The van der Waals surface area contributed by atoms with Gasteiger partial charge in [-0.2, -0.15) is 0 Å². The number of ether oxygens (including phenoxy) is 7. The number of carbonyl (C=O) groups is 6. The van der Waals surface area contributed by atoms with E-state index in [1.54, 1.807) is 35.1 Å². The SMILES string of the molecule is CCCC(=O)OCc1ccc(NC(=O)COCC(=O)NCCOCCOCCOCCOCCOCCn2cc(CNC(=O)CCCCCN3C(=O)CC(C(C)(C)C)C3=O)nn2)cc1. The molecule has 1 aliphatic rings. The number of aromatic nitrogens is 3. The quantitative estimate of drug-likeness (QED) is 0.0512. The number of rotatable bonds is 35. The molecular weight excluding hydrogens is 835 g/mol. The molecule has 5 amide bonds. The molecule has 1 aromatic heterocycles. The second-order valence-electron chi connectivity index (χ2n) is 16.1. The van der Waals surface area contributed by atoms with E-state index in [9.17, 15) is 28.8 Å². The number of hydrogen-bond donors (Lipinski definition) is 3. The van der Waals surface area contributed by atoms with E-state index >= 15 is 0 Å². The molecule has 1 aromatic carbocycles. The molecule has 0 bridgehead atoms. The maximum atomic E-state index is 12.6. The summed E-state index contributed by atoms with van der Waals surface area (Å²) in [7, 11) is 0. The Labute approximate surface area is 376 Å². The molecule has 0 spiro atoms. The van der Waals surface area contributed by atoms with E-state index in [1.165, 1.54) is 4.90 Å². The number of anilines is 1. The third kappa shape index (κ3) is 23.2. The zero-order valence-electron chi connectivity index (χ0n) is 38.0. The van der Waals surface area contributed by atoms with Crippen molar-refractivity contribution in [2.24, 2.45) is 11.3 Å². The van der Waals surface area contributed by atoms with Crippen LogP contribution in [0.1, 0.15) is 83.9 Å². The second kappa shape index (κ2) is 31.1. The van der Waals surface area contributed by atoms with Crippen molar-refractivity contribution in [3.63, 3.8) is 0 Å². The van der Waals surface area contributed by atoms with Crippen molar-refractivity contribution in [3.8, 4) is 0 Å². The van der Waals surface area contributed by atoms with Gasteiger partial charge in [0.15, 0.2) is 0 Å². The molecular formula is C44H69N7O13. The zero-order valence-corrected chi connectivity index (χ0v) is 38.0. The van der Waals surface area contributed by atoms with E-state index < -0.39 is 5.91 Å². The van der Waals surface area contributed by atoms with Crippen molar-refractivity contribution in [1.29, 1.82) is 0 Å². The van der Waals surface area contributed by atoms with Crippen LogP contribution in [0.2, 0.25) is 0 Å². The largest absolute Gasteiger partial charge is 0.461 e. The molecule has 20 heteroatoms. The monoisotopic (exact) mass is 903 g/mol. The number of esters is 1. The van der Waals surface area contributed by atoms with Gasteiger partial charge in [-0.3, -0.25) is 33.7 Å². The molecule has 1 fully saturated rings. The molecule has 0 aliphatic carbocycles.